The monoisotopic (exact) mass is 262 g/mol. The van der Waals surface area contributed by atoms with E-state index in [1.807, 2.05) is 12.1 Å². The molecular weight excluding hydrogens is 239 g/mol. The molecule has 104 valence electrons. The van der Waals surface area contributed by atoms with Crippen LogP contribution in [-0.2, 0) is 0 Å². The molecule has 0 aromatic heterocycles. The highest BCUT2D eigenvalue weighted by Gasteiger charge is 2.23. The summed E-state index contributed by atoms with van der Waals surface area (Å²) < 4.78 is 14.1. The van der Waals surface area contributed by atoms with Crippen LogP contribution in [0.4, 0.5) is 15.8 Å². The van der Waals surface area contributed by atoms with Gasteiger partial charge in [-0.3, -0.25) is 0 Å². The van der Waals surface area contributed by atoms with E-state index in [2.05, 4.69) is 17.1 Å². The molecule has 1 atom stereocenters. The van der Waals surface area contributed by atoms with Gasteiger partial charge in [0, 0.05) is 24.8 Å². The van der Waals surface area contributed by atoms with Crippen LogP contribution in [-0.4, -0.2) is 19.1 Å². The third-order valence-electron chi connectivity index (χ3n) is 4.19. The molecule has 1 aliphatic carbocycles. The maximum Gasteiger partial charge on any atom is 0.148 e. The van der Waals surface area contributed by atoms with Crippen molar-refractivity contribution in [3.8, 4) is 0 Å². The Morgan fingerprint density at radius 3 is 2.68 bits per heavy atom. The lowest BCUT2D eigenvalue weighted by atomic mass is 10.1. The summed E-state index contributed by atoms with van der Waals surface area (Å²) in [5.41, 5.74) is 1.67. The number of anilines is 2. The van der Waals surface area contributed by atoms with Gasteiger partial charge < -0.3 is 10.2 Å². The maximum atomic E-state index is 14.1. The topological polar surface area (TPSA) is 15.3 Å². The van der Waals surface area contributed by atoms with E-state index in [-0.39, 0.29) is 5.82 Å². The Morgan fingerprint density at radius 1 is 1.32 bits per heavy atom. The zero-order chi connectivity index (χ0) is 13.2. The highest BCUT2D eigenvalue weighted by Crippen LogP contribution is 2.34. The van der Waals surface area contributed by atoms with Crippen molar-refractivity contribution in [2.45, 2.75) is 45.1 Å². The molecule has 1 unspecified atom stereocenters. The molecule has 1 heterocycles. The van der Waals surface area contributed by atoms with E-state index < -0.39 is 0 Å². The van der Waals surface area contributed by atoms with Gasteiger partial charge in [0.05, 0.1) is 5.69 Å². The Kier molecular flexibility index (Phi) is 3.63. The molecule has 1 aromatic rings. The molecule has 0 bridgehead atoms. The van der Waals surface area contributed by atoms with Crippen LogP contribution in [0.1, 0.15) is 39.0 Å². The van der Waals surface area contributed by atoms with Gasteiger partial charge in [-0.15, -0.1) is 0 Å². The van der Waals surface area contributed by atoms with Crippen LogP contribution in [0.2, 0.25) is 0 Å². The Labute approximate surface area is 115 Å². The van der Waals surface area contributed by atoms with Crippen LogP contribution in [0.25, 0.3) is 0 Å². The van der Waals surface area contributed by atoms with Gasteiger partial charge in [-0.05, 0) is 50.3 Å². The molecule has 3 rings (SSSR count). The molecular formula is C16H23FN2. The van der Waals surface area contributed by atoms with Gasteiger partial charge >= 0.3 is 0 Å². The van der Waals surface area contributed by atoms with Gasteiger partial charge in [-0.25, -0.2) is 4.39 Å². The average molecular weight is 262 g/mol. The van der Waals surface area contributed by atoms with Gasteiger partial charge in [-0.2, -0.15) is 0 Å². The second-order valence-corrected chi connectivity index (χ2v) is 6.08. The lowest BCUT2D eigenvalue weighted by molar-refractivity contribution is 0.620. The quantitative estimate of drug-likeness (QED) is 0.862. The van der Waals surface area contributed by atoms with Crippen molar-refractivity contribution in [2.75, 3.05) is 23.3 Å². The highest BCUT2D eigenvalue weighted by molar-refractivity contribution is 5.57. The van der Waals surface area contributed by atoms with E-state index >= 15 is 0 Å². The summed E-state index contributed by atoms with van der Waals surface area (Å²) in [5.74, 6) is 0.807. The molecule has 3 heteroatoms. The minimum atomic E-state index is -0.0921. The van der Waals surface area contributed by atoms with Crippen LogP contribution in [0.15, 0.2) is 18.2 Å². The first-order valence-corrected chi connectivity index (χ1v) is 7.53. The summed E-state index contributed by atoms with van der Waals surface area (Å²) in [4.78, 5) is 2.15. The standard InChI is InChI=1S/C16H23FN2/c1-12(10-13-4-5-13)18-14-6-7-16(15(17)11-14)19-8-2-3-9-19/h6-7,11-13,18H,2-5,8-10H2,1H3. The second-order valence-electron chi connectivity index (χ2n) is 6.08. The third kappa shape index (κ3) is 3.20. The Morgan fingerprint density at radius 2 is 2.05 bits per heavy atom. The molecule has 2 nitrogen and oxygen atoms in total. The van der Waals surface area contributed by atoms with Crippen LogP contribution >= 0.6 is 0 Å². The Bertz CT molecular complexity index is 436. The summed E-state index contributed by atoms with van der Waals surface area (Å²) in [7, 11) is 0. The SMILES string of the molecule is CC(CC1CC1)Nc1ccc(N2CCCC2)c(F)c1. The molecule has 0 amide bonds. The lowest BCUT2D eigenvalue weighted by Crippen LogP contribution is -2.19. The summed E-state index contributed by atoms with van der Waals surface area (Å²) >= 11 is 0. The largest absolute Gasteiger partial charge is 0.382 e. The maximum absolute atomic E-state index is 14.1. The highest BCUT2D eigenvalue weighted by atomic mass is 19.1. The van der Waals surface area contributed by atoms with Crippen molar-refractivity contribution >= 4 is 11.4 Å². The number of benzene rings is 1. The number of nitrogens with zero attached hydrogens (tertiary/aromatic N) is 1. The minimum Gasteiger partial charge on any atom is -0.382 e. The van der Waals surface area contributed by atoms with Crippen LogP contribution in [0, 0.1) is 11.7 Å². The zero-order valence-corrected chi connectivity index (χ0v) is 11.7. The number of rotatable bonds is 5. The van der Waals surface area contributed by atoms with Crippen molar-refractivity contribution in [2.24, 2.45) is 5.92 Å². The van der Waals surface area contributed by atoms with Crippen molar-refractivity contribution in [3.05, 3.63) is 24.0 Å². The van der Waals surface area contributed by atoms with Crippen molar-refractivity contribution in [1.82, 2.24) is 0 Å². The predicted octanol–water partition coefficient (Wildman–Crippen LogP) is 4.03. The molecule has 19 heavy (non-hydrogen) atoms. The molecule has 1 saturated carbocycles. The van der Waals surface area contributed by atoms with E-state index in [4.69, 9.17) is 0 Å². The molecule has 0 radical (unpaired) electrons. The van der Waals surface area contributed by atoms with Crippen LogP contribution in [0.3, 0.4) is 0 Å². The number of halogens is 1. The lowest BCUT2D eigenvalue weighted by Gasteiger charge is -2.20. The first kappa shape index (κ1) is 12.8. The zero-order valence-electron chi connectivity index (χ0n) is 11.7. The Balaban J connectivity index is 1.64. The fourth-order valence-electron chi connectivity index (χ4n) is 3.01. The first-order chi connectivity index (χ1) is 9.22. The van der Waals surface area contributed by atoms with Crippen LogP contribution < -0.4 is 10.2 Å². The second kappa shape index (κ2) is 5.40. The predicted molar refractivity (Wildman–Crippen MR) is 78.3 cm³/mol. The van der Waals surface area contributed by atoms with Crippen molar-refractivity contribution in [1.29, 1.82) is 0 Å². The fourth-order valence-corrected chi connectivity index (χ4v) is 3.01. The van der Waals surface area contributed by atoms with E-state index in [0.29, 0.717) is 6.04 Å². The summed E-state index contributed by atoms with van der Waals surface area (Å²) in [6.07, 6.45) is 6.30. The van der Waals surface area contributed by atoms with Gasteiger partial charge in [0.15, 0.2) is 0 Å². The van der Waals surface area contributed by atoms with E-state index in [9.17, 15) is 4.39 Å². The minimum absolute atomic E-state index is 0.0921. The molecule has 1 aromatic carbocycles. The number of hydrogen-bond donors (Lipinski definition) is 1. The van der Waals surface area contributed by atoms with Gasteiger partial charge in [-0.1, -0.05) is 12.8 Å². The molecule has 1 aliphatic heterocycles. The van der Waals surface area contributed by atoms with E-state index in [1.54, 1.807) is 6.07 Å². The fraction of sp³-hybridized carbons (Fsp3) is 0.625. The molecule has 2 fully saturated rings. The average Bonchev–Trinajstić information content (AvgIpc) is 3.02. The number of nitrogens with one attached hydrogen (secondary N) is 1. The smallest absolute Gasteiger partial charge is 0.148 e. The Hall–Kier alpha value is -1.25. The third-order valence-corrected chi connectivity index (χ3v) is 4.19. The van der Waals surface area contributed by atoms with E-state index in [0.717, 1.165) is 30.4 Å². The molecule has 0 spiro atoms. The molecule has 1 N–H and O–H groups in total. The van der Waals surface area contributed by atoms with Crippen molar-refractivity contribution in [3.63, 3.8) is 0 Å². The van der Waals surface area contributed by atoms with Gasteiger partial charge in [0.25, 0.3) is 0 Å². The summed E-state index contributed by atoms with van der Waals surface area (Å²) in [5, 5.41) is 3.41. The summed E-state index contributed by atoms with van der Waals surface area (Å²) in [6, 6.07) is 6.02. The summed E-state index contributed by atoms with van der Waals surface area (Å²) in [6.45, 7) is 4.16. The van der Waals surface area contributed by atoms with Crippen molar-refractivity contribution < 1.29 is 4.39 Å². The van der Waals surface area contributed by atoms with E-state index in [1.165, 1.54) is 32.1 Å². The molecule has 2 aliphatic rings. The molecule has 1 saturated heterocycles. The normalized spacial score (nSPS) is 20.6. The van der Waals surface area contributed by atoms with Crippen LogP contribution in [0.5, 0.6) is 0 Å². The van der Waals surface area contributed by atoms with Gasteiger partial charge in [0.1, 0.15) is 5.82 Å². The van der Waals surface area contributed by atoms with Gasteiger partial charge in [0.2, 0.25) is 0 Å². The first-order valence-electron chi connectivity index (χ1n) is 7.53. The number of hydrogen-bond acceptors (Lipinski definition) is 2.